The van der Waals surface area contributed by atoms with Crippen molar-refractivity contribution in [3.8, 4) is 0 Å². The molecular weight excluding hydrogens is 244 g/mol. The molecule has 2 nitrogen and oxygen atoms in total. The zero-order valence-corrected chi connectivity index (χ0v) is 14.3. The second-order valence-electron chi connectivity index (χ2n) is 8.05. The molecule has 0 amide bonds. The van der Waals surface area contributed by atoms with Crippen LogP contribution in [0.4, 0.5) is 0 Å². The van der Waals surface area contributed by atoms with Crippen LogP contribution < -0.4 is 5.32 Å². The fourth-order valence-corrected chi connectivity index (χ4v) is 4.27. The van der Waals surface area contributed by atoms with E-state index in [4.69, 9.17) is 0 Å². The molecule has 0 bridgehead atoms. The highest BCUT2D eigenvalue weighted by atomic mass is 15.2. The summed E-state index contributed by atoms with van der Waals surface area (Å²) in [6, 6.07) is 0.767. The Balaban J connectivity index is 1.89. The molecule has 0 aromatic carbocycles. The Morgan fingerprint density at radius 1 is 1.20 bits per heavy atom. The Morgan fingerprint density at radius 3 is 2.65 bits per heavy atom. The molecule has 1 heterocycles. The summed E-state index contributed by atoms with van der Waals surface area (Å²) in [7, 11) is 0. The Morgan fingerprint density at radius 2 is 2.00 bits per heavy atom. The summed E-state index contributed by atoms with van der Waals surface area (Å²) in [5.74, 6) is 1.83. The largest absolute Gasteiger partial charge is 0.314 e. The lowest BCUT2D eigenvalue weighted by Gasteiger charge is -2.42. The lowest BCUT2D eigenvalue weighted by Crippen LogP contribution is -2.47. The van der Waals surface area contributed by atoms with Crippen molar-refractivity contribution in [3.05, 3.63) is 0 Å². The van der Waals surface area contributed by atoms with Gasteiger partial charge in [-0.25, -0.2) is 0 Å². The molecule has 0 spiro atoms. The number of nitrogens with zero attached hydrogens (tertiary/aromatic N) is 1. The van der Waals surface area contributed by atoms with Crippen molar-refractivity contribution in [3.63, 3.8) is 0 Å². The molecular formula is C18H36N2. The van der Waals surface area contributed by atoms with E-state index in [1.165, 1.54) is 64.7 Å². The molecule has 1 saturated carbocycles. The van der Waals surface area contributed by atoms with Gasteiger partial charge >= 0.3 is 0 Å². The molecule has 20 heavy (non-hydrogen) atoms. The zero-order chi connectivity index (χ0) is 14.6. The van der Waals surface area contributed by atoms with E-state index in [1.807, 2.05) is 0 Å². The average Bonchev–Trinajstić information content (AvgIpc) is 2.85. The Hall–Kier alpha value is -0.0800. The molecule has 2 fully saturated rings. The first-order valence-electron chi connectivity index (χ1n) is 9.00. The lowest BCUT2D eigenvalue weighted by atomic mass is 9.69. The fraction of sp³-hybridized carbons (Fsp3) is 1.00. The molecule has 1 aliphatic carbocycles. The highest BCUT2D eigenvalue weighted by Gasteiger charge is 2.36. The molecule has 118 valence electrons. The van der Waals surface area contributed by atoms with E-state index >= 15 is 0 Å². The molecule has 1 aliphatic heterocycles. The predicted octanol–water partition coefficient (Wildman–Crippen LogP) is 3.91. The van der Waals surface area contributed by atoms with Crippen molar-refractivity contribution in [1.82, 2.24) is 10.2 Å². The number of rotatable bonds is 6. The van der Waals surface area contributed by atoms with Crippen LogP contribution in [-0.2, 0) is 0 Å². The summed E-state index contributed by atoms with van der Waals surface area (Å²) in [5, 5.41) is 3.83. The van der Waals surface area contributed by atoms with Crippen LogP contribution >= 0.6 is 0 Å². The summed E-state index contributed by atoms with van der Waals surface area (Å²) in [6.45, 7) is 14.8. The van der Waals surface area contributed by atoms with Crippen LogP contribution in [0.5, 0.6) is 0 Å². The average molecular weight is 280 g/mol. The molecule has 3 unspecified atom stereocenters. The third-order valence-electron chi connectivity index (χ3n) is 5.61. The first kappa shape index (κ1) is 16.3. The van der Waals surface area contributed by atoms with Crippen molar-refractivity contribution in [2.24, 2.45) is 17.3 Å². The van der Waals surface area contributed by atoms with Gasteiger partial charge in [-0.2, -0.15) is 0 Å². The number of hydrogen-bond donors (Lipinski definition) is 1. The maximum atomic E-state index is 3.83. The summed E-state index contributed by atoms with van der Waals surface area (Å²) in [5.41, 5.74) is 0.555. The van der Waals surface area contributed by atoms with Gasteiger partial charge in [0.25, 0.3) is 0 Å². The molecule has 2 rings (SSSR count). The molecule has 0 aromatic rings. The summed E-state index contributed by atoms with van der Waals surface area (Å²) >= 11 is 0. The van der Waals surface area contributed by atoms with Crippen LogP contribution in [0.1, 0.15) is 66.2 Å². The smallest absolute Gasteiger partial charge is 0.0108 e. The fourth-order valence-electron chi connectivity index (χ4n) is 4.27. The molecule has 1 saturated heterocycles. The normalized spacial score (nSPS) is 34.5. The van der Waals surface area contributed by atoms with E-state index in [0.717, 1.165) is 17.9 Å². The molecule has 0 aromatic heterocycles. The van der Waals surface area contributed by atoms with Gasteiger partial charge in [-0.3, -0.25) is 0 Å². The molecule has 1 N–H and O–H groups in total. The SMILES string of the molecule is CCCNC1CCC(C)(C)CC1CN1CCC(CC)C1. The van der Waals surface area contributed by atoms with Crippen LogP contribution in [0.3, 0.4) is 0 Å². The van der Waals surface area contributed by atoms with E-state index in [-0.39, 0.29) is 0 Å². The molecule has 2 aliphatic rings. The Labute approximate surface area is 126 Å². The minimum Gasteiger partial charge on any atom is -0.314 e. The van der Waals surface area contributed by atoms with Gasteiger partial charge in [0.05, 0.1) is 0 Å². The predicted molar refractivity (Wildman–Crippen MR) is 88.0 cm³/mol. The lowest BCUT2D eigenvalue weighted by molar-refractivity contribution is 0.107. The van der Waals surface area contributed by atoms with E-state index < -0.39 is 0 Å². The summed E-state index contributed by atoms with van der Waals surface area (Å²) in [4.78, 5) is 2.75. The van der Waals surface area contributed by atoms with Crippen molar-refractivity contribution in [2.75, 3.05) is 26.2 Å². The quantitative estimate of drug-likeness (QED) is 0.793. The zero-order valence-electron chi connectivity index (χ0n) is 14.3. The van der Waals surface area contributed by atoms with E-state index in [1.54, 1.807) is 0 Å². The van der Waals surface area contributed by atoms with E-state index in [0.29, 0.717) is 5.41 Å². The topological polar surface area (TPSA) is 15.3 Å². The standard InChI is InChI=1S/C18H36N2/c1-5-10-19-17-7-9-18(3,4)12-16(17)14-20-11-8-15(6-2)13-20/h15-17,19H,5-14H2,1-4H3. The van der Waals surface area contributed by atoms with Gasteiger partial charge in [0.15, 0.2) is 0 Å². The van der Waals surface area contributed by atoms with Gasteiger partial charge in [0.2, 0.25) is 0 Å². The highest BCUT2D eigenvalue weighted by molar-refractivity contribution is 4.91. The molecule has 3 atom stereocenters. The van der Waals surface area contributed by atoms with Crippen LogP contribution in [0, 0.1) is 17.3 Å². The second-order valence-corrected chi connectivity index (χ2v) is 8.05. The monoisotopic (exact) mass is 280 g/mol. The third-order valence-corrected chi connectivity index (χ3v) is 5.61. The summed E-state index contributed by atoms with van der Waals surface area (Å²) < 4.78 is 0. The van der Waals surface area contributed by atoms with Crippen molar-refractivity contribution in [1.29, 1.82) is 0 Å². The van der Waals surface area contributed by atoms with Crippen molar-refractivity contribution < 1.29 is 0 Å². The van der Waals surface area contributed by atoms with Crippen LogP contribution in [0.2, 0.25) is 0 Å². The van der Waals surface area contributed by atoms with Crippen molar-refractivity contribution in [2.45, 2.75) is 72.3 Å². The minimum absolute atomic E-state index is 0.555. The first-order valence-corrected chi connectivity index (χ1v) is 9.00. The van der Waals surface area contributed by atoms with Crippen molar-refractivity contribution >= 4 is 0 Å². The van der Waals surface area contributed by atoms with E-state index in [9.17, 15) is 0 Å². The highest BCUT2D eigenvalue weighted by Crippen LogP contribution is 2.39. The second kappa shape index (κ2) is 7.26. The van der Waals surface area contributed by atoms with Crippen LogP contribution in [-0.4, -0.2) is 37.1 Å². The van der Waals surface area contributed by atoms with Gasteiger partial charge in [0, 0.05) is 19.1 Å². The van der Waals surface area contributed by atoms with Gasteiger partial charge in [-0.05, 0) is 62.4 Å². The maximum Gasteiger partial charge on any atom is 0.0108 e. The van der Waals surface area contributed by atoms with Gasteiger partial charge < -0.3 is 10.2 Å². The third kappa shape index (κ3) is 4.46. The van der Waals surface area contributed by atoms with Gasteiger partial charge in [-0.15, -0.1) is 0 Å². The number of likely N-dealkylation sites (tertiary alicyclic amines) is 1. The summed E-state index contributed by atoms with van der Waals surface area (Å²) in [6.07, 6.45) is 8.23. The molecule has 0 radical (unpaired) electrons. The maximum absolute atomic E-state index is 3.83. The minimum atomic E-state index is 0.555. The van der Waals surface area contributed by atoms with E-state index in [2.05, 4.69) is 37.9 Å². The first-order chi connectivity index (χ1) is 9.54. The van der Waals surface area contributed by atoms with Crippen LogP contribution in [0.25, 0.3) is 0 Å². The number of hydrogen-bond acceptors (Lipinski definition) is 2. The van der Waals surface area contributed by atoms with Gasteiger partial charge in [-0.1, -0.05) is 34.1 Å². The van der Waals surface area contributed by atoms with Gasteiger partial charge in [0.1, 0.15) is 0 Å². The Kier molecular flexibility index (Phi) is 5.92. The van der Waals surface area contributed by atoms with Crippen LogP contribution in [0.15, 0.2) is 0 Å². The number of nitrogens with one attached hydrogen (secondary N) is 1. The Bertz CT molecular complexity index is 287. The molecule has 2 heteroatoms.